The molecule has 0 saturated heterocycles. The molecular weight excluding hydrogens is 691 g/mol. The fraction of sp³-hybridized carbons (Fsp3) is 0.0185. The van der Waals surface area contributed by atoms with Crippen LogP contribution in [0.2, 0.25) is 0 Å². The van der Waals surface area contributed by atoms with E-state index in [9.17, 15) is 0 Å². The summed E-state index contributed by atoms with van der Waals surface area (Å²) in [5.74, 6) is 0. The Morgan fingerprint density at radius 3 is 1.32 bits per heavy atom. The average molecular weight is 728 g/mol. The first-order valence-corrected chi connectivity index (χ1v) is 19.5. The first-order valence-electron chi connectivity index (χ1n) is 19.5. The molecule has 268 valence electrons. The van der Waals surface area contributed by atoms with E-state index in [1.165, 1.54) is 66.0 Å². The molecule has 0 atom stereocenters. The molecule has 0 aliphatic carbocycles. The summed E-state index contributed by atoms with van der Waals surface area (Å²) in [4.78, 5) is 5.13. The Balaban J connectivity index is 1.04. The molecule has 57 heavy (non-hydrogen) atoms. The number of fused-ring (bicyclic) bond motifs is 6. The Hall–Kier alpha value is -7.49. The Morgan fingerprint density at radius 2 is 0.754 bits per heavy atom. The van der Waals surface area contributed by atoms with Crippen molar-refractivity contribution < 1.29 is 0 Å². The number of aromatic nitrogens is 3. The number of benzene rings is 8. The molecule has 0 spiro atoms. The Bertz CT molecular complexity index is 3220. The first kappa shape index (κ1) is 32.9. The van der Waals surface area contributed by atoms with Crippen molar-refractivity contribution in [2.45, 2.75) is 6.92 Å². The van der Waals surface area contributed by atoms with Crippen LogP contribution in [-0.4, -0.2) is 14.1 Å². The van der Waals surface area contributed by atoms with Crippen molar-refractivity contribution in [3.8, 4) is 56.1 Å². The molecule has 0 bridgehead atoms. The summed E-state index contributed by atoms with van der Waals surface area (Å²) in [6.45, 7) is 2.14. The third kappa shape index (κ3) is 5.63. The number of rotatable bonds is 6. The van der Waals surface area contributed by atoms with Gasteiger partial charge in [-0.2, -0.15) is 0 Å². The van der Waals surface area contributed by atoms with Gasteiger partial charge >= 0.3 is 0 Å². The van der Waals surface area contributed by atoms with Gasteiger partial charge in [0.05, 0.1) is 33.5 Å². The fourth-order valence-electron chi connectivity index (χ4n) is 8.59. The van der Waals surface area contributed by atoms with Crippen LogP contribution in [0.5, 0.6) is 0 Å². The summed E-state index contributed by atoms with van der Waals surface area (Å²) >= 11 is 0. The highest BCUT2D eigenvalue weighted by atomic mass is 15.0. The van der Waals surface area contributed by atoms with Crippen molar-refractivity contribution in [2.75, 3.05) is 0 Å². The molecule has 0 fully saturated rings. The predicted octanol–water partition coefficient (Wildman–Crippen LogP) is 14.3. The lowest BCUT2D eigenvalue weighted by Crippen LogP contribution is -1.95. The lowest BCUT2D eigenvalue weighted by molar-refractivity contribution is 1.17. The van der Waals surface area contributed by atoms with E-state index in [1.807, 2.05) is 0 Å². The third-order valence-electron chi connectivity index (χ3n) is 11.4. The molecule has 8 aromatic carbocycles. The van der Waals surface area contributed by atoms with Crippen LogP contribution in [0.25, 0.3) is 99.8 Å². The molecule has 11 aromatic rings. The number of hydrogen-bond acceptors (Lipinski definition) is 1. The van der Waals surface area contributed by atoms with Crippen LogP contribution in [0.3, 0.4) is 0 Å². The SMILES string of the molecule is Cc1ccc(-n2c3ccccc3c3cc(-c4ccc5c(c4)c4ccccc4n5-c4cccc(-c5cc(-c6ccccc6)nc(-c6ccccc6)c5)c4)ccc32)cc1. The van der Waals surface area contributed by atoms with E-state index < -0.39 is 0 Å². The molecular formula is C54H37N3. The average Bonchev–Trinajstić information content (AvgIpc) is 3.79. The number of hydrogen-bond donors (Lipinski definition) is 0. The van der Waals surface area contributed by atoms with E-state index in [2.05, 4.69) is 222 Å². The predicted molar refractivity (Wildman–Crippen MR) is 239 cm³/mol. The molecule has 0 unspecified atom stereocenters. The van der Waals surface area contributed by atoms with Crippen LogP contribution in [-0.2, 0) is 0 Å². The highest BCUT2D eigenvalue weighted by Crippen LogP contribution is 2.39. The van der Waals surface area contributed by atoms with Crippen LogP contribution in [0, 0.1) is 6.92 Å². The number of para-hydroxylation sites is 2. The van der Waals surface area contributed by atoms with Crippen LogP contribution in [0.15, 0.2) is 206 Å². The van der Waals surface area contributed by atoms with Gasteiger partial charge in [-0.05, 0) is 102 Å². The zero-order valence-electron chi connectivity index (χ0n) is 31.5. The third-order valence-corrected chi connectivity index (χ3v) is 11.4. The smallest absolute Gasteiger partial charge is 0.0715 e. The van der Waals surface area contributed by atoms with Crippen molar-refractivity contribution in [2.24, 2.45) is 0 Å². The number of aryl methyl sites for hydroxylation is 1. The van der Waals surface area contributed by atoms with Crippen molar-refractivity contribution in [1.29, 1.82) is 0 Å². The summed E-state index contributed by atoms with van der Waals surface area (Å²) in [6.07, 6.45) is 0. The second-order valence-corrected chi connectivity index (χ2v) is 14.9. The highest BCUT2D eigenvalue weighted by molar-refractivity contribution is 6.12. The van der Waals surface area contributed by atoms with Gasteiger partial charge in [-0.3, -0.25) is 0 Å². The van der Waals surface area contributed by atoms with Crippen LogP contribution < -0.4 is 0 Å². The molecule has 0 N–H and O–H groups in total. The fourth-order valence-corrected chi connectivity index (χ4v) is 8.59. The van der Waals surface area contributed by atoms with Crippen molar-refractivity contribution >= 4 is 43.6 Å². The zero-order valence-corrected chi connectivity index (χ0v) is 31.5. The maximum absolute atomic E-state index is 5.13. The number of pyridine rings is 1. The lowest BCUT2D eigenvalue weighted by atomic mass is 9.99. The van der Waals surface area contributed by atoms with E-state index in [0.29, 0.717) is 0 Å². The summed E-state index contributed by atoms with van der Waals surface area (Å²) < 4.78 is 4.80. The van der Waals surface area contributed by atoms with Gasteiger partial charge in [0.2, 0.25) is 0 Å². The molecule has 0 radical (unpaired) electrons. The Morgan fingerprint density at radius 1 is 0.298 bits per heavy atom. The zero-order chi connectivity index (χ0) is 37.9. The van der Waals surface area contributed by atoms with Crippen molar-refractivity contribution in [3.63, 3.8) is 0 Å². The van der Waals surface area contributed by atoms with Crippen molar-refractivity contribution in [3.05, 3.63) is 212 Å². The minimum Gasteiger partial charge on any atom is -0.309 e. The quantitative estimate of drug-likeness (QED) is 0.167. The molecule has 3 heteroatoms. The molecule has 0 aliphatic rings. The van der Waals surface area contributed by atoms with Gasteiger partial charge in [0.15, 0.2) is 0 Å². The van der Waals surface area contributed by atoms with Gasteiger partial charge in [-0.1, -0.05) is 139 Å². The van der Waals surface area contributed by atoms with E-state index in [1.54, 1.807) is 0 Å². The maximum Gasteiger partial charge on any atom is 0.0715 e. The van der Waals surface area contributed by atoms with Gasteiger partial charge < -0.3 is 9.13 Å². The molecule has 0 amide bonds. The molecule has 3 aromatic heterocycles. The second-order valence-electron chi connectivity index (χ2n) is 14.9. The largest absolute Gasteiger partial charge is 0.309 e. The topological polar surface area (TPSA) is 22.8 Å². The summed E-state index contributed by atoms with van der Waals surface area (Å²) in [5.41, 5.74) is 17.1. The highest BCUT2D eigenvalue weighted by Gasteiger charge is 2.17. The van der Waals surface area contributed by atoms with Gasteiger partial charge in [-0.15, -0.1) is 0 Å². The summed E-state index contributed by atoms with van der Waals surface area (Å²) in [7, 11) is 0. The standard InChI is InChI=1S/C54H37N3/c1-36-23-27-43(28-24-36)56-51-21-10-8-19-45(51)47-32-40(25-29-53(47)56)41-26-30-54-48(33-41)46-20-9-11-22-52(46)57(54)44-18-12-17-39(31-44)42-34-49(37-13-4-2-5-14-37)55-50(35-42)38-15-6-3-7-16-38/h2-35H,1H3. The molecule has 3 nitrogen and oxygen atoms in total. The van der Waals surface area contributed by atoms with Crippen LogP contribution >= 0.6 is 0 Å². The van der Waals surface area contributed by atoms with E-state index in [0.717, 1.165) is 39.3 Å². The summed E-state index contributed by atoms with van der Waals surface area (Å²) in [6, 6.07) is 74.5. The van der Waals surface area contributed by atoms with E-state index >= 15 is 0 Å². The Labute approximate surface area is 331 Å². The van der Waals surface area contributed by atoms with Gasteiger partial charge in [-0.25, -0.2) is 4.98 Å². The number of nitrogens with zero attached hydrogens (tertiary/aromatic N) is 3. The van der Waals surface area contributed by atoms with Gasteiger partial charge in [0, 0.05) is 44.0 Å². The minimum atomic E-state index is 0.958. The van der Waals surface area contributed by atoms with Crippen LogP contribution in [0.4, 0.5) is 0 Å². The molecule has 11 rings (SSSR count). The lowest BCUT2D eigenvalue weighted by Gasteiger charge is -2.13. The van der Waals surface area contributed by atoms with Crippen LogP contribution in [0.1, 0.15) is 5.56 Å². The normalized spacial score (nSPS) is 11.6. The Kier molecular flexibility index (Phi) is 7.71. The van der Waals surface area contributed by atoms with Gasteiger partial charge in [0.25, 0.3) is 0 Å². The maximum atomic E-state index is 5.13. The first-order chi connectivity index (χ1) is 28.2. The van der Waals surface area contributed by atoms with E-state index in [4.69, 9.17) is 4.98 Å². The second kappa shape index (κ2) is 13.4. The summed E-state index contributed by atoms with van der Waals surface area (Å²) in [5, 5.41) is 4.98. The minimum absolute atomic E-state index is 0.958. The molecule has 3 heterocycles. The van der Waals surface area contributed by atoms with E-state index in [-0.39, 0.29) is 0 Å². The van der Waals surface area contributed by atoms with Crippen molar-refractivity contribution in [1.82, 2.24) is 14.1 Å². The molecule has 0 saturated carbocycles. The molecule has 0 aliphatic heterocycles. The van der Waals surface area contributed by atoms with Gasteiger partial charge in [0.1, 0.15) is 0 Å². The monoisotopic (exact) mass is 727 g/mol.